The molecule has 0 fully saturated rings. The molecule has 2 atom stereocenters. The van der Waals surface area contributed by atoms with Crippen LogP contribution in [0.25, 0.3) is 0 Å². The van der Waals surface area contributed by atoms with E-state index in [4.69, 9.17) is 15.2 Å². The lowest BCUT2D eigenvalue weighted by Crippen LogP contribution is -2.51. The summed E-state index contributed by atoms with van der Waals surface area (Å²) in [6, 6.07) is 5.45. The number of esters is 1. The lowest BCUT2D eigenvalue weighted by atomic mass is 9.98. The highest BCUT2D eigenvalue weighted by Crippen LogP contribution is 2.28. The van der Waals surface area contributed by atoms with Gasteiger partial charge in [-0.15, -0.1) is 0 Å². The van der Waals surface area contributed by atoms with Crippen molar-refractivity contribution < 1.29 is 23.9 Å². The summed E-state index contributed by atoms with van der Waals surface area (Å²) in [6.45, 7) is 8.86. The topological polar surface area (TPSA) is 98.9 Å². The molecule has 0 aliphatic heterocycles. The van der Waals surface area contributed by atoms with Crippen molar-refractivity contribution in [3.8, 4) is 0 Å². The van der Waals surface area contributed by atoms with Gasteiger partial charge >= 0.3 is 12.1 Å². The molecule has 0 spiro atoms. The number of nitrogens with two attached hydrogens (primary N) is 1. The van der Waals surface area contributed by atoms with Gasteiger partial charge < -0.3 is 15.2 Å². The zero-order valence-electron chi connectivity index (χ0n) is 16.9. The lowest BCUT2D eigenvalue weighted by molar-refractivity contribution is -0.143. The second-order valence-electron chi connectivity index (χ2n) is 7.12. The number of imide groups is 1. The lowest BCUT2D eigenvalue weighted by Gasteiger charge is -2.32. The third-order valence-corrected chi connectivity index (χ3v) is 4.14. The number of methoxy groups -OCH3 is 1. The van der Waals surface area contributed by atoms with Crippen molar-refractivity contribution in [3.63, 3.8) is 0 Å². The summed E-state index contributed by atoms with van der Waals surface area (Å²) in [5.74, 6) is -1.33. The van der Waals surface area contributed by atoms with Crippen LogP contribution in [-0.4, -0.2) is 42.1 Å². The van der Waals surface area contributed by atoms with Crippen LogP contribution in [0.15, 0.2) is 24.3 Å². The van der Waals surface area contributed by atoms with Crippen LogP contribution in [0.3, 0.4) is 0 Å². The Bertz CT molecular complexity index is 655. The Morgan fingerprint density at radius 2 is 1.63 bits per heavy atom. The highest BCUT2D eigenvalue weighted by molar-refractivity contribution is 5.96. The van der Waals surface area contributed by atoms with Gasteiger partial charge in [0.05, 0.1) is 31.7 Å². The first-order chi connectivity index (χ1) is 12.6. The molecule has 0 saturated heterocycles. The average molecular weight is 378 g/mol. The summed E-state index contributed by atoms with van der Waals surface area (Å²) in [7, 11) is 1.26. The summed E-state index contributed by atoms with van der Waals surface area (Å²) >= 11 is 0. The standard InChI is InChI=1S/C20H30N2O5/c1-12(2)18(21)19(24)22(20(25)27-13(3)4)16(11-17(23)26-6)15-9-7-14(5)8-10-15/h7-10,12-13,16,18H,11,21H2,1-6H3/t16-,18+/m1/s1. The number of benzene rings is 1. The molecule has 0 aromatic heterocycles. The van der Waals surface area contributed by atoms with E-state index < -0.39 is 36.2 Å². The Hall–Kier alpha value is -2.41. The van der Waals surface area contributed by atoms with Crippen LogP contribution >= 0.6 is 0 Å². The maximum atomic E-state index is 13.0. The number of carbonyl (C=O) groups excluding carboxylic acids is 3. The van der Waals surface area contributed by atoms with E-state index in [1.807, 2.05) is 19.1 Å². The van der Waals surface area contributed by atoms with Crippen molar-refractivity contribution in [1.29, 1.82) is 0 Å². The van der Waals surface area contributed by atoms with Crippen LogP contribution in [0.4, 0.5) is 4.79 Å². The number of aryl methyl sites for hydroxylation is 1. The monoisotopic (exact) mass is 378 g/mol. The highest BCUT2D eigenvalue weighted by Gasteiger charge is 2.37. The Balaban J connectivity index is 3.41. The number of amides is 2. The molecule has 2 N–H and O–H groups in total. The van der Waals surface area contributed by atoms with Gasteiger partial charge in [-0.05, 0) is 32.3 Å². The normalized spacial score (nSPS) is 13.2. The number of ether oxygens (including phenoxy) is 2. The molecule has 0 heterocycles. The molecule has 0 saturated carbocycles. The van der Waals surface area contributed by atoms with Gasteiger partial charge in [-0.3, -0.25) is 9.59 Å². The number of rotatable bonds is 7. The number of carbonyl (C=O) groups is 3. The third-order valence-electron chi connectivity index (χ3n) is 4.14. The number of nitrogens with zero attached hydrogens (tertiary/aromatic N) is 1. The fraction of sp³-hybridized carbons (Fsp3) is 0.550. The quantitative estimate of drug-likeness (QED) is 0.733. The van der Waals surface area contributed by atoms with Crippen LogP contribution in [0.1, 0.15) is 51.3 Å². The average Bonchev–Trinajstić information content (AvgIpc) is 2.60. The fourth-order valence-corrected chi connectivity index (χ4v) is 2.46. The van der Waals surface area contributed by atoms with Gasteiger partial charge in [0.1, 0.15) is 0 Å². The van der Waals surface area contributed by atoms with Gasteiger partial charge in [0.25, 0.3) is 0 Å². The van der Waals surface area contributed by atoms with Crippen LogP contribution in [0.5, 0.6) is 0 Å². The molecule has 0 unspecified atom stereocenters. The smallest absolute Gasteiger partial charge is 0.417 e. The van der Waals surface area contributed by atoms with Crippen molar-refractivity contribution in [2.75, 3.05) is 7.11 Å². The first-order valence-electron chi connectivity index (χ1n) is 9.01. The Morgan fingerprint density at radius 3 is 2.07 bits per heavy atom. The summed E-state index contributed by atoms with van der Waals surface area (Å²) < 4.78 is 10.0. The van der Waals surface area contributed by atoms with E-state index in [-0.39, 0.29) is 12.3 Å². The predicted molar refractivity (Wildman–Crippen MR) is 102 cm³/mol. The van der Waals surface area contributed by atoms with Crippen molar-refractivity contribution in [1.82, 2.24) is 4.90 Å². The minimum absolute atomic E-state index is 0.191. The summed E-state index contributed by atoms with van der Waals surface area (Å²) in [5, 5.41) is 0. The first-order valence-corrected chi connectivity index (χ1v) is 9.01. The summed E-state index contributed by atoms with van der Waals surface area (Å²) in [5.41, 5.74) is 7.65. The third kappa shape index (κ3) is 6.36. The number of hydrogen-bond acceptors (Lipinski definition) is 6. The molecule has 0 bridgehead atoms. The van der Waals surface area contributed by atoms with Gasteiger partial charge in [-0.1, -0.05) is 43.7 Å². The highest BCUT2D eigenvalue weighted by atomic mass is 16.6. The molecular formula is C20H30N2O5. The SMILES string of the molecule is COC(=O)C[C@H](c1ccc(C)cc1)N(C(=O)OC(C)C)C(=O)[C@@H](N)C(C)C. The van der Waals surface area contributed by atoms with Crippen LogP contribution in [-0.2, 0) is 19.1 Å². The van der Waals surface area contributed by atoms with Gasteiger partial charge in [0.15, 0.2) is 0 Å². The zero-order valence-corrected chi connectivity index (χ0v) is 16.9. The van der Waals surface area contributed by atoms with Crippen LogP contribution in [0.2, 0.25) is 0 Å². The first kappa shape index (κ1) is 22.6. The van der Waals surface area contributed by atoms with E-state index in [9.17, 15) is 14.4 Å². The maximum absolute atomic E-state index is 13.0. The van der Waals surface area contributed by atoms with E-state index in [0.717, 1.165) is 10.5 Å². The van der Waals surface area contributed by atoms with Crippen molar-refractivity contribution in [3.05, 3.63) is 35.4 Å². The molecule has 1 aromatic carbocycles. The Morgan fingerprint density at radius 1 is 1.07 bits per heavy atom. The summed E-state index contributed by atoms with van der Waals surface area (Å²) in [6.07, 6.45) is -1.45. The van der Waals surface area contributed by atoms with Crippen LogP contribution < -0.4 is 5.73 Å². The van der Waals surface area contributed by atoms with Gasteiger partial charge in [0.2, 0.25) is 5.91 Å². The molecule has 0 aliphatic rings. The van der Waals surface area contributed by atoms with E-state index in [1.54, 1.807) is 39.8 Å². The van der Waals surface area contributed by atoms with Gasteiger partial charge in [-0.2, -0.15) is 0 Å². The molecule has 1 aromatic rings. The summed E-state index contributed by atoms with van der Waals surface area (Å²) in [4.78, 5) is 38.7. The molecule has 7 nitrogen and oxygen atoms in total. The van der Waals surface area contributed by atoms with Gasteiger partial charge in [0, 0.05) is 0 Å². The molecule has 7 heteroatoms. The molecule has 150 valence electrons. The molecule has 1 rings (SSSR count). The maximum Gasteiger partial charge on any atom is 0.417 e. The minimum atomic E-state index is -0.907. The largest absolute Gasteiger partial charge is 0.469 e. The number of hydrogen-bond donors (Lipinski definition) is 1. The molecule has 2 amide bonds. The molecule has 0 aliphatic carbocycles. The van der Waals surface area contributed by atoms with Crippen LogP contribution in [0, 0.1) is 12.8 Å². The molecular weight excluding hydrogens is 348 g/mol. The zero-order chi connectivity index (χ0) is 20.7. The van der Waals surface area contributed by atoms with E-state index >= 15 is 0 Å². The predicted octanol–water partition coefficient (Wildman–Crippen LogP) is 2.96. The van der Waals surface area contributed by atoms with E-state index in [2.05, 4.69) is 0 Å². The van der Waals surface area contributed by atoms with E-state index in [1.165, 1.54) is 7.11 Å². The van der Waals surface area contributed by atoms with Crippen molar-refractivity contribution >= 4 is 18.0 Å². The van der Waals surface area contributed by atoms with E-state index in [0.29, 0.717) is 5.56 Å². The minimum Gasteiger partial charge on any atom is -0.469 e. The Labute approximate surface area is 160 Å². The van der Waals surface area contributed by atoms with Crippen molar-refractivity contribution in [2.24, 2.45) is 11.7 Å². The van der Waals surface area contributed by atoms with Crippen molar-refractivity contribution in [2.45, 2.75) is 59.2 Å². The molecule has 27 heavy (non-hydrogen) atoms. The van der Waals surface area contributed by atoms with Gasteiger partial charge in [-0.25, -0.2) is 9.69 Å². The second kappa shape index (κ2) is 10.1. The fourth-order valence-electron chi connectivity index (χ4n) is 2.46. The Kier molecular flexibility index (Phi) is 8.43. The molecule has 0 radical (unpaired) electrons. The second-order valence-corrected chi connectivity index (χ2v) is 7.12.